The van der Waals surface area contributed by atoms with Crippen LogP contribution in [-0.2, 0) is 16.0 Å². The van der Waals surface area contributed by atoms with Crippen molar-refractivity contribution < 1.29 is 9.53 Å². The van der Waals surface area contributed by atoms with Crippen molar-refractivity contribution in [2.45, 2.75) is 103 Å². The highest BCUT2D eigenvalue weighted by Gasteiger charge is 2.24. The number of nitrogens with zero attached hydrogens (tertiary/aromatic N) is 1. The summed E-state index contributed by atoms with van der Waals surface area (Å²) in [5, 5.41) is 0. The molecule has 178 valence electrons. The van der Waals surface area contributed by atoms with Gasteiger partial charge in [0, 0.05) is 17.8 Å². The van der Waals surface area contributed by atoms with Crippen molar-refractivity contribution in [3.63, 3.8) is 0 Å². The summed E-state index contributed by atoms with van der Waals surface area (Å²) in [5.74, 6) is 0.371. The highest BCUT2D eigenvalue weighted by atomic mass is 16.5. The Morgan fingerprint density at radius 1 is 0.939 bits per heavy atom. The number of unbranched alkanes of at least 4 members (excludes halogenated alkanes) is 5. The summed E-state index contributed by atoms with van der Waals surface area (Å²) >= 11 is 0. The molecule has 1 saturated carbocycles. The minimum Gasteiger partial charge on any atom is -0.459 e. The molecule has 1 aromatic carbocycles. The van der Waals surface area contributed by atoms with E-state index in [1.54, 1.807) is 6.08 Å². The van der Waals surface area contributed by atoms with Gasteiger partial charge in [0.15, 0.2) is 0 Å². The maximum absolute atomic E-state index is 12.0. The van der Waals surface area contributed by atoms with Crippen molar-refractivity contribution in [1.82, 2.24) is 4.98 Å². The Labute approximate surface area is 200 Å². The Morgan fingerprint density at radius 3 is 2.33 bits per heavy atom. The maximum Gasteiger partial charge on any atom is 0.330 e. The first-order valence-corrected chi connectivity index (χ1v) is 13.1. The predicted molar refractivity (Wildman–Crippen MR) is 137 cm³/mol. The third-order valence-electron chi connectivity index (χ3n) is 6.76. The van der Waals surface area contributed by atoms with Gasteiger partial charge in [0.25, 0.3) is 0 Å². The van der Waals surface area contributed by atoms with Gasteiger partial charge in [0.05, 0.1) is 5.69 Å². The minimum atomic E-state index is -0.178. The Bertz CT molecular complexity index is 846. The van der Waals surface area contributed by atoms with Gasteiger partial charge in [-0.15, -0.1) is 0 Å². The standard InChI is InChI=1S/C30H41NO2/c1-3-5-7-8-10-12-30(32)33-28-20-18-26(19-21-28)25-14-16-27(17-15-25)29-22-13-24(23-31-29)11-9-6-4-2/h10,12-17,22-23,26,28H,3-9,11,18-21H2,1-2H3. The quantitative estimate of drug-likeness (QED) is 0.187. The molecule has 1 aliphatic carbocycles. The fourth-order valence-electron chi connectivity index (χ4n) is 4.66. The first kappa shape index (κ1) is 25.2. The molecule has 0 N–H and O–H groups in total. The average molecular weight is 448 g/mol. The van der Waals surface area contributed by atoms with Gasteiger partial charge in [-0.25, -0.2) is 4.79 Å². The van der Waals surface area contributed by atoms with E-state index in [4.69, 9.17) is 4.74 Å². The highest BCUT2D eigenvalue weighted by molar-refractivity contribution is 5.82. The molecule has 3 nitrogen and oxygen atoms in total. The number of carbonyl (C=O) groups excluding carboxylic acids is 1. The second-order valence-electron chi connectivity index (χ2n) is 9.44. The molecule has 0 spiro atoms. The van der Waals surface area contributed by atoms with Crippen LogP contribution in [-0.4, -0.2) is 17.1 Å². The van der Waals surface area contributed by atoms with Crippen molar-refractivity contribution in [3.8, 4) is 11.3 Å². The lowest BCUT2D eigenvalue weighted by Gasteiger charge is -2.28. The summed E-state index contributed by atoms with van der Waals surface area (Å²) in [6.45, 7) is 4.42. The molecule has 0 unspecified atom stereocenters. The summed E-state index contributed by atoms with van der Waals surface area (Å²) < 4.78 is 5.67. The Balaban J connectivity index is 1.44. The van der Waals surface area contributed by atoms with Crippen molar-refractivity contribution >= 4 is 5.97 Å². The molecule has 1 heterocycles. The van der Waals surface area contributed by atoms with Gasteiger partial charge in [-0.05, 0) is 74.5 Å². The van der Waals surface area contributed by atoms with E-state index in [0.29, 0.717) is 5.92 Å². The van der Waals surface area contributed by atoms with Crippen LogP contribution in [0, 0.1) is 0 Å². The zero-order valence-corrected chi connectivity index (χ0v) is 20.6. The predicted octanol–water partition coefficient (Wildman–Crippen LogP) is 8.19. The summed E-state index contributed by atoms with van der Waals surface area (Å²) in [6, 6.07) is 13.3. The van der Waals surface area contributed by atoms with E-state index in [-0.39, 0.29) is 12.1 Å². The topological polar surface area (TPSA) is 39.2 Å². The number of esters is 1. The lowest BCUT2D eigenvalue weighted by Crippen LogP contribution is -2.23. The van der Waals surface area contributed by atoms with Crippen LogP contribution in [0.15, 0.2) is 54.7 Å². The van der Waals surface area contributed by atoms with E-state index in [0.717, 1.165) is 50.6 Å². The lowest BCUT2D eigenvalue weighted by atomic mass is 9.82. The third-order valence-corrected chi connectivity index (χ3v) is 6.76. The van der Waals surface area contributed by atoms with Gasteiger partial charge in [-0.2, -0.15) is 0 Å². The minimum absolute atomic E-state index is 0.0633. The SMILES string of the molecule is CCCCCC=CC(=O)OC1CCC(c2ccc(-c3ccc(CCCCC)cn3)cc2)CC1. The second kappa shape index (κ2) is 14.0. The van der Waals surface area contributed by atoms with Crippen LogP contribution in [0.25, 0.3) is 11.3 Å². The molecule has 33 heavy (non-hydrogen) atoms. The van der Waals surface area contributed by atoms with E-state index in [9.17, 15) is 4.79 Å². The fraction of sp³-hybridized carbons (Fsp3) is 0.533. The van der Waals surface area contributed by atoms with Crippen LogP contribution in [0.2, 0.25) is 0 Å². The van der Waals surface area contributed by atoms with E-state index in [1.165, 1.54) is 48.8 Å². The molecule has 0 radical (unpaired) electrons. The third kappa shape index (κ3) is 8.46. The molecule has 0 amide bonds. The van der Waals surface area contributed by atoms with Crippen LogP contribution in [0.4, 0.5) is 0 Å². The monoisotopic (exact) mass is 447 g/mol. The van der Waals surface area contributed by atoms with Gasteiger partial charge < -0.3 is 4.74 Å². The van der Waals surface area contributed by atoms with E-state index in [2.05, 4.69) is 55.2 Å². The first-order valence-electron chi connectivity index (χ1n) is 13.1. The molecule has 3 heteroatoms. The largest absolute Gasteiger partial charge is 0.459 e. The molecular weight excluding hydrogens is 406 g/mol. The lowest BCUT2D eigenvalue weighted by molar-refractivity contribution is -0.144. The first-order chi connectivity index (χ1) is 16.2. The van der Waals surface area contributed by atoms with Gasteiger partial charge in [0.2, 0.25) is 0 Å². The summed E-state index contributed by atoms with van der Waals surface area (Å²) in [6.07, 6.45) is 19.1. The van der Waals surface area contributed by atoms with Gasteiger partial charge in [-0.1, -0.05) is 75.9 Å². The summed E-state index contributed by atoms with van der Waals surface area (Å²) in [5.41, 5.74) is 4.93. The van der Waals surface area contributed by atoms with Crippen LogP contribution in [0.1, 0.15) is 102 Å². The number of carbonyl (C=O) groups is 1. The Morgan fingerprint density at radius 2 is 1.67 bits per heavy atom. The second-order valence-corrected chi connectivity index (χ2v) is 9.44. The number of ether oxygens (including phenoxy) is 1. The number of hydrogen-bond acceptors (Lipinski definition) is 3. The van der Waals surface area contributed by atoms with E-state index < -0.39 is 0 Å². The molecule has 0 bridgehead atoms. The van der Waals surface area contributed by atoms with Crippen molar-refractivity contribution in [3.05, 3.63) is 65.9 Å². The van der Waals surface area contributed by atoms with Crippen molar-refractivity contribution in [2.24, 2.45) is 0 Å². The van der Waals surface area contributed by atoms with Crippen LogP contribution in [0.3, 0.4) is 0 Å². The molecule has 2 aromatic rings. The molecule has 0 saturated heterocycles. The summed E-state index contributed by atoms with van der Waals surface area (Å²) in [7, 11) is 0. The molecule has 3 rings (SSSR count). The van der Waals surface area contributed by atoms with E-state index >= 15 is 0 Å². The van der Waals surface area contributed by atoms with Gasteiger partial charge in [0.1, 0.15) is 6.10 Å². The van der Waals surface area contributed by atoms with Gasteiger partial charge in [-0.3, -0.25) is 4.98 Å². The van der Waals surface area contributed by atoms with Crippen LogP contribution in [0.5, 0.6) is 0 Å². The normalized spacial score (nSPS) is 18.5. The average Bonchev–Trinajstić information content (AvgIpc) is 2.85. The van der Waals surface area contributed by atoms with Crippen molar-refractivity contribution in [2.75, 3.05) is 0 Å². The molecule has 1 aliphatic rings. The highest BCUT2D eigenvalue weighted by Crippen LogP contribution is 2.35. The Kier molecular flexibility index (Phi) is 10.7. The molecule has 1 fully saturated rings. The van der Waals surface area contributed by atoms with Crippen molar-refractivity contribution in [1.29, 1.82) is 0 Å². The molecule has 1 aromatic heterocycles. The van der Waals surface area contributed by atoms with Crippen LogP contribution < -0.4 is 0 Å². The summed E-state index contributed by atoms with van der Waals surface area (Å²) in [4.78, 5) is 16.7. The zero-order chi connectivity index (χ0) is 23.3. The number of pyridine rings is 1. The number of allylic oxidation sites excluding steroid dienone is 1. The number of hydrogen-bond donors (Lipinski definition) is 0. The number of benzene rings is 1. The van der Waals surface area contributed by atoms with Crippen LogP contribution >= 0.6 is 0 Å². The van der Waals surface area contributed by atoms with E-state index in [1.807, 2.05) is 12.3 Å². The smallest absolute Gasteiger partial charge is 0.330 e. The Hall–Kier alpha value is -2.42. The van der Waals surface area contributed by atoms with Gasteiger partial charge >= 0.3 is 5.97 Å². The molecule has 0 atom stereocenters. The number of aryl methyl sites for hydroxylation is 1. The number of aromatic nitrogens is 1. The molecular formula is C30H41NO2. The number of rotatable bonds is 12. The zero-order valence-electron chi connectivity index (χ0n) is 20.6. The maximum atomic E-state index is 12.0. The molecule has 0 aliphatic heterocycles. The fourth-order valence-corrected chi connectivity index (χ4v) is 4.66.